The average Bonchev–Trinajstić information content (AvgIpc) is 2.61. The SMILES string of the molecule is Cc1cc(OCc2ccc(F)cc2)c(Br)c(=O)n1-c1c(Cl)cccc1Cl. The van der Waals surface area contributed by atoms with Crippen LogP contribution in [0.15, 0.2) is 57.8 Å². The van der Waals surface area contributed by atoms with Crippen LogP contribution in [0.3, 0.4) is 0 Å². The predicted octanol–water partition coefficient (Wildman–Crippen LogP) is 5.93. The summed E-state index contributed by atoms with van der Waals surface area (Å²) < 4.78 is 20.4. The molecule has 3 nitrogen and oxygen atoms in total. The summed E-state index contributed by atoms with van der Waals surface area (Å²) in [5.74, 6) is 0.0706. The highest BCUT2D eigenvalue weighted by atomic mass is 79.9. The van der Waals surface area contributed by atoms with Gasteiger partial charge >= 0.3 is 0 Å². The lowest BCUT2D eigenvalue weighted by Crippen LogP contribution is -2.22. The Kier molecular flexibility index (Phi) is 5.70. The largest absolute Gasteiger partial charge is 0.487 e. The molecule has 0 aliphatic heterocycles. The molecule has 1 heterocycles. The molecule has 3 rings (SSSR count). The number of halogens is 4. The lowest BCUT2D eigenvalue weighted by atomic mass is 10.2. The van der Waals surface area contributed by atoms with Gasteiger partial charge in [-0.25, -0.2) is 4.39 Å². The number of hydrogen-bond donors (Lipinski definition) is 0. The Morgan fingerprint density at radius 1 is 1.12 bits per heavy atom. The first-order valence-corrected chi connectivity index (χ1v) is 9.17. The van der Waals surface area contributed by atoms with E-state index in [-0.39, 0.29) is 22.5 Å². The van der Waals surface area contributed by atoms with Crippen LogP contribution >= 0.6 is 39.1 Å². The van der Waals surface area contributed by atoms with Crippen molar-refractivity contribution in [3.8, 4) is 11.4 Å². The summed E-state index contributed by atoms with van der Waals surface area (Å²) in [6, 6.07) is 12.7. The monoisotopic (exact) mass is 455 g/mol. The second-order valence-corrected chi connectivity index (χ2v) is 7.20. The van der Waals surface area contributed by atoms with Crippen LogP contribution in [0.5, 0.6) is 5.75 Å². The molecule has 0 radical (unpaired) electrons. The molecule has 0 saturated carbocycles. The second-order valence-electron chi connectivity index (χ2n) is 5.59. The summed E-state index contributed by atoms with van der Waals surface area (Å²) in [6.07, 6.45) is 0. The highest BCUT2D eigenvalue weighted by Crippen LogP contribution is 2.31. The van der Waals surface area contributed by atoms with Gasteiger partial charge in [0.25, 0.3) is 5.56 Å². The van der Waals surface area contributed by atoms with Gasteiger partial charge in [-0.2, -0.15) is 0 Å². The van der Waals surface area contributed by atoms with Crippen LogP contribution in [0.2, 0.25) is 10.0 Å². The van der Waals surface area contributed by atoms with E-state index in [4.69, 9.17) is 27.9 Å². The van der Waals surface area contributed by atoms with E-state index in [0.29, 0.717) is 27.2 Å². The molecule has 134 valence electrons. The molecular formula is C19H13BrCl2FNO2. The van der Waals surface area contributed by atoms with Crippen molar-refractivity contribution >= 4 is 39.1 Å². The zero-order chi connectivity index (χ0) is 18.8. The molecule has 26 heavy (non-hydrogen) atoms. The topological polar surface area (TPSA) is 31.2 Å². The summed E-state index contributed by atoms with van der Waals surface area (Å²) in [7, 11) is 0. The Balaban J connectivity index is 1.98. The van der Waals surface area contributed by atoms with Crippen molar-refractivity contribution in [2.24, 2.45) is 0 Å². The molecule has 0 bridgehead atoms. The molecule has 0 N–H and O–H groups in total. The fourth-order valence-corrected chi connectivity index (χ4v) is 3.48. The molecule has 3 aromatic rings. The van der Waals surface area contributed by atoms with Crippen LogP contribution in [0, 0.1) is 12.7 Å². The third kappa shape index (κ3) is 3.80. The van der Waals surface area contributed by atoms with E-state index in [2.05, 4.69) is 15.9 Å². The van der Waals surface area contributed by atoms with E-state index in [9.17, 15) is 9.18 Å². The van der Waals surface area contributed by atoms with Crippen LogP contribution in [0.4, 0.5) is 4.39 Å². The lowest BCUT2D eigenvalue weighted by Gasteiger charge is -2.16. The van der Waals surface area contributed by atoms with Gasteiger partial charge in [0.1, 0.15) is 22.6 Å². The number of nitrogens with zero attached hydrogens (tertiary/aromatic N) is 1. The van der Waals surface area contributed by atoms with E-state index < -0.39 is 0 Å². The molecule has 7 heteroatoms. The predicted molar refractivity (Wildman–Crippen MR) is 105 cm³/mol. The molecule has 0 fully saturated rings. The Morgan fingerprint density at radius 3 is 2.35 bits per heavy atom. The molecule has 0 atom stereocenters. The van der Waals surface area contributed by atoms with Crippen molar-refractivity contribution in [3.05, 3.63) is 90.5 Å². The Labute approximate surface area is 168 Å². The standard InChI is InChI=1S/C19H13BrCl2FNO2/c1-11-9-16(26-10-12-5-7-13(23)8-6-12)17(20)19(25)24(11)18-14(21)3-2-4-15(18)22/h2-9H,10H2,1H3. The molecule has 0 saturated heterocycles. The minimum absolute atomic E-state index is 0.203. The van der Waals surface area contributed by atoms with Crippen LogP contribution in [-0.2, 0) is 6.61 Å². The van der Waals surface area contributed by atoms with E-state index in [1.165, 1.54) is 16.7 Å². The Bertz CT molecular complexity index is 999. The molecule has 0 spiro atoms. The first-order valence-electron chi connectivity index (χ1n) is 7.62. The number of pyridine rings is 1. The molecule has 2 aromatic carbocycles. The van der Waals surface area contributed by atoms with Crippen molar-refractivity contribution in [3.63, 3.8) is 0 Å². The number of ether oxygens (including phenoxy) is 1. The smallest absolute Gasteiger partial charge is 0.273 e. The summed E-state index contributed by atoms with van der Waals surface area (Å²) >= 11 is 15.8. The number of aryl methyl sites for hydroxylation is 1. The molecular weight excluding hydrogens is 444 g/mol. The van der Waals surface area contributed by atoms with Gasteiger partial charge in [-0.3, -0.25) is 9.36 Å². The number of hydrogen-bond acceptors (Lipinski definition) is 2. The van der Waals surface area contributed by atoms with Gasteiger partial charge < -0.3 is 4.74 Å². The summed E-state index contributed by atoms with van der Waals surface area (Å²) in [4.78, 5) is 12.8. The second kappa shape index (κ2) is 7.82. The lowest BCUT2D eigenvalue weighted by molar-refractivity contribution is 0.302. The van der Waals surface area contributed by atoms with Crippen molar-refractivity contribution in [2.75, 3.05) is 0 Å². The van der Waals surface area contributed by atoms with E-state index >= 15 is 0 Å². The average molecular weight is 457 g/mol. The third-order valence-electron chi connectivity index (χ3n) is 3.77. The first kappa shape index (κ1) is 19.0. The summed E-state index contributed by atoms with van der Waals surface area (Å²) in [6.45, 7) is 1.97. The highest BCUT2D eigenvalue weighted by molar-refractivity contribution is 9.10. The molecule has 0 aliphatic carbocycles. The third-order valence-corrected chi connectivity index (χ3v) is 5.11. The molecule has 0 amide bonds. The maximum absolute atomic E-state index is 13.0. The summed E-state index contributed by atoms with van der Waals surface area (Å²) in [5.41, 5.74) is 1.48. The maximum atomic E-state index is 13.0. The fraction of sp³-hybridized carbons (Fsp3) is 0.105. The van der Waals surface area contributed by atoms with Crippen molar-refractivity contribution in [1.82, 2.24) is 4.57 Å². The molecule has 0 aliphatic rings. The van der Waals surface area contributed by atoms with Crippen molar-refractivity contribution in [2.45, 2.75) is 13.5 Å². The van der Waals surface area contributed by atoms with Gasteiger partial charge in [0.05, 0.1) is 15.7 Å². The molecule has 0 unspecified atom stereocenters. The zero-order valence-corrected chi connectivity index (χ0v) is 16.7. The van der Waals surface area contributed by atoms with Crippen LogP contribution in [-0.4, -0.2) is 4.57 Å². The van der Waals surface area contributed by atoms with Gasteiger partial charge in [0.2, 0.25) is 0 Å². The quantitative estimate of drug-likeness (QED) is 0.486. The van der Waals surface area contributed by atoms with Gasteiger partial charge in [0.15, 0.2) is 0 Å². The molecule has 1 aromatic heterocycles. The zero-order valence-electron chi connectivity index (χ0n) is 13.6. The van der Waals surface area contributed by atoms with Crippen molar-refractivity contribution in [1.29, 1.82) is 0 Å². The number of aromatic nitrogens is 1. The number of para-hydroxylation sites is 1. The van der Waals surface area contributed by atoms with Gasteiger partial charge in [-0.1, -0.05) is 41.4 Å². The fourth-order valence-electron chi connectivity index (χ4n) is 2.51. The van der Waals surface area contributed by atoms with Crippen molar-refractivity contribution < 1.29 is 9.13 Å². The minimum atomic E-state index is -0.339. The van der Waals surface area contributed by atoms with Gasteiger partial charge in [-0.05, 0) is 52.7 Å². The maximum Gasteiger partial charge on any atom is 0.273 e. The van der Waals surface area contributed by atoms with Gasteiger partial charge in [-0.15, -0.1) is 0 Å². The Morgan fingerprint density at radius 2 is 1.73 bits per heavy atom. The summed E-state index contributed by atoms with van der Waals surface area (Å²) in [5, 5.41) is 0.740. The number of rotatable bonds is 4. The highest BCUT2D eigenvalue weighted by Gasteiger charge is 2.17. The Hall–Kier alpha value is -1.82. The van der Waals surface area contributed by atoms with E-state index in [0.717, 1.165) is 5.56 Å². The van der Waals surface area contributed by atoms with Crippen LogP contribution in [0.25, 0.3) is 5.69 Å². The minimum Gasteiger partial charge on any atom is -0.487 e. The van der Waals surface area contributed by atoms with E-state index in [1.807, 2.05) is 0 Å². The van der Waals surface area contributed by atoms with Crippen LogP contribution in [0.1, 0.15) is 11.3 Å². The normalized spacial score (nSPS) is 10.8. The number of benzene rings is 2. The van der Waals surface area contributed by atoms with Crippen LogP contribution < -0.4 is 10.3 Å². The first-order chi connectivity index (χ1) is 12.4. The van der Waals surface area contributed by atoms with Gasteiger partial charge in [0, 0.05) is 11.8 Å². The van der Waals surface area contributed by atoms with E-state index in [1.54, 1.807) is 43.3 Å².